The maximum atomic E-state index is 12.1. The fourth-order valence-electron chi connectivity index (χ4n) is 2.56. The van der Waals surface area contributed by atoms with Gasteiger partial charge in [-0.05, 0) is 34.5 Å². The number of fused-ring (bicyclic) bond motifs is 1. The number of aryl methyl sites for hydroxylation is 2. The number of hydrogen-bond donors (Lipinski definition) is 2. The largest absolute Gasteiger partial charge is 0.325 e. The van der Waals surface area contributed by atoms with Gasteiger partial charge in [-0.1, -0.05) is 31.2 Å². The summed E-state index contributed by atoms with van der Waals surface area (Å²) in [6.45, 7) is 2.08. The molecular formula is C16H18N6O2S. The first-order chi connectivity index (χ1) is 12.1. The maximum Gasteiger partial charge on any atom is 0.248 e. The van der Waals surface area contributed by atoms with Crippen LogP contribution in [0.4, 0.5) is 5.69 Å². The molecule has 0 spiro atoms. The second-order valence-corrected chi connectivity index (χ2v) is 6.53. The average Bonchev–Trinajstić information content (AvgIpc) is 2.98. The van der Waals surface area contributed by atoms with E-state index in [0.29, 0.717) is 10.8 Å². The molecule has 0 aliphatic heterocycles. The van der Waals surface area contributed by atoms with Crippen LogP contribution in [0.5, 0.6) is 0 Å². The van der Waals surface area contributed by atoms with Gasteiger partial charge < -0.3 is 10.3 Å². The molecule has 2 N–H and O–H groups in total. The van der Waals surface area contributed by atoms with E-state index >= 15 is 0 Å². The van der Waals surface area contributed by atoms with E-state index in [1.54, 1.807) is 19.2 Å². The molecule has 0 fully saturated rings. The molecule has 2 aromatic heterocycles. The number of thioether (sulfide) groups is 1. The van der Waals surface area contributed by atoms with E-state index in [2.05, 4.69) is 32.7 Å². The van der Waals surface area contributed by atoms with E-state index in [1.165, 1.54) is 16.4 Å². The Morgan fingerprint density at radius 1 is 1.36 bits per heavy atom. The van der Waals surface area contributed by atoms with Gasteiger partial charge in [0.05, 0.1) is 11.3 Å². The van der Waals surface area contributed by atoms with Gasteiger partial charge in [-0.2, -0.15) is 0 Å². The molecule has 0 aliphatic rings. The average molecular weight is 358 g/mol. The first-order valence-electron chi connectivity index (χ1n) is 7.88. The Hall–Kier alpha value is -2.68. The van der Waals surface area contributed by atoms with Crippen LogP contribution in [0.15, 0.2) is 34.2 Å². The van der Waals surface area contributed by atoms with Crippen molar-refractivity contribution in [2.45, 2.75) is 24.9 Å². The number of pyridine rings is 1. The van der Waals surface area contributed by atoms with Gasteiger partial charge in [0.1, 0.15) is 0 Å². The fraction of sp³-hybridized carbons (Fsp3) is 0.312. The summed E-state index contributed by atoms with van der Waals surface area (Å²) in [7, 11) is 1.72. The molecule has 0 saturated heterocycles. The van der Waals surface area contributed by atoms with Crippen LogP contribution in [0.2, 0.25) is 0 Å². The topological polar surface area (TPSA) is 106 Å². The number of hydrogen-bond acceptors (Lipinski definition) is 6. The molecule has 0 bridgehead atoms. The van der Waals surface area contributed by atoms with E-state index in [4.69, 9.17) is 0 Å². The Balaban J connectivity index is 1.74. The van der Waals surface area contributed by atoms with Crippen molar-refractivity contribution in [2.75, 3.05) is 11.1 Å². The minimum atomic E-state index is -0.167. The van der Waals surface area contributed by atoms with Gasteiger partial charge >= 0.3 is 0 Å². The molecule has 3 rings (SSSR count). The SMILES string of the molecule is CCCc1cc(=O)[nH]c2cc(NC(=O)CSc3nnnn3C)ccc12. The van der Waals surface area contributed by atoms with Crippen LogP contribution >= 0.6 is 11.8 Å². The molecule has 1 amide bonds. The molecule has 0 aliphatic carbocycles. The Bertz CT molecular complexity index is 965. The van der Waals surface area contributed by atoms with Gasteiger partial charge in [0.2, 0.25) is 16.6 Å². The summed E-state index contributed by atoms with van der Waals surface area (Å²) in [6.07, 6.45) is 1.81. The highest BCUT2D eigenvalue weighted by Crippen LogP contribution is 2.21. The number of amides is 1. The van der Waals surface area contributed by atoms with Crippen molar-refractivity contribution >= 4 is 34.3 Å². The minimum absolute atomic E-state index is 0.134. The summed E-state index contributed by atoms with van der Waals surface area (Å²) in [5.41, 5.74) is 2.24. The van der Waals surface area contributed by atoms with Crippen LogP contribution in [0.3, 0.4) is 0 Å². The lowest BCUT2D eigenvalue weighted by Crippen LogP contribution is -2.15. The fourth-order valence-corrected chi connectivity index (χ4v) is 3.21. The van der Waals surface area contributed by atoms with Gasteiger partial charge in [-0.3, -0.25) is 9.59 Å². The monoisotopic (exact) mass is 358 g/mol. The minimum Gasteiger partial charge on any atom is -0.325 e. The lowest BCUT2D eigenvalue weighted by atomic mass is 10.0. The van der Waals surface area contributed by atoms with Gasteiger partial charge in [0.15, 0.2) is 0 Å². The standard InChI is InChI=1S/C16H18N6O2S/c1-3-4-10-7-14(23)18-13-8-11(5-6-12(10)13)17-15(24)9-25-16-19-20-21-22(16)2/h5-8H,3-4,9H2,1-2H3,(H,17,24)(H,18,23). The molecule has 1 aromatic carbocycles. The second-order valence-electron chi connectivity index (χ2n) is 5.59. The van der Waals surface area contributed by atoms with Gasteiger partial charge in [-0.15, -0.1) is 5.10 Å². The molecule has 0 radical (unpaired) electrons. The molecule has 0 unspecified atom stereocenters. The number of rotatable bonds is 6. The zero-order valence-electron chi connectivity index (χ0n) is 13.9. The first-order valence-corrected chi connectivity index (χ1v) is 8.86. The molecule has 0 atom stereocenters. The third kappa shape index (κ3) is 4.05. The van der Waals surface area contributed by atoms with Crippen molar-refractivity contribution in [3.8, 4) is 0 Å². The van der Waals surface area contributed by atoms with E-state index in [-0.39, 0.29) is 17.2 Å². The Morgan fingerprint density at radius 2 is 2.20 bits per heavy atom. The predicted octanol–water partition coefficient (Wildman–Crippen LogP) is 1.73. The number of anilines is 1. The van der Waals surface area contributed by atoms with E-state index in [9.17, 15) is 9.59 Å². The molecule has 3 aromatic rings. The summed E-state index contributed by atoms with van der Waals surface area (Å²) in [4.78, 5) is 26.7. The van der Waals surface area contributed by atoms with Crippen LogP contribution in [0, 0.1) is 0 Å². The van der Waals surface area contributed by atoms with E-state index in [0.717, 1.165) is 29.3 Å². The number of benzene rings is 1. The zero-order chi connectivity index (χ0) is 17.8. The number of H-pyrrole nitrogens is 1. The van der Waals surface area contributed by atoms with Crippen molar-refractivity contribution < 1.29 is 4.79 Å². The van der Waals surface area contributed by atoms with Gasteiger partial charge in [0.25, 0.3) is 0 Å². The molecule has 9 heteroatoms. The summed E-state index contributed by atoms with van der Waals surface area (Å²) in [5.74, 6) is 0.0259. The number of aromatic nitrogens is 5. The number of nitrogens with one attached hydrogen (secondary N) is 2. The molecule has 2 heterocycles. The Kier molecular flexibility index (Phi) is 5.13. The number of nitrogens with zero attached hydrogens (tertiary/aromatic N) is 4. The number of carbonyl (C=O) groups excluding carboxylic acids is 1. The number of carbonyl (C=O) groups is 1. The quantitative estimate of drug-likeness (QED) is 0.650. The highest BCUT2D eigenvalue weighted by molar-refractivity contribution is 7.99. The van der Waals surface area contributed by atoms with Crippen LogP contribution < -0.4 is 10.9 Å². The van der Waals surface area contributed by atoms with Crippen molar-refractivity contribution in [3.63, 3.8) is 0 Å². The summed E-state index contributed by atoms with van der Waals surface area (Å²) >= 11 is 1.25. The van der Waals surface area contributed by atoms with Crippen molar-refractivity contribution in [2.24, 2.45) is 7.05 Å². The third-order valence-electron chi connectivity index (χ3n) is 3.65. The predicted molar refractivity (Wildman–Crippen MR) is 96.7 cm³/mol. The maximum absolute atomic E-state index is 12.1. The first kappa shape index (κ1) is 17.2. The highest BCUT2D eigenvalue weighted by atomic mass is 32.2. The molecule has 130 valence electrons. The molecule has 8 nitrogen and oxygen atoms in total. The van der Waals surface area contributed by atoms with Crippen LogP contribution in [-0.2, 0) is 18.3 Å². The van der Waals surface area contributed by atoms with Crippen molar-refractivity contribution in [1.82, 2.24) is 25.2 Å². The van der Waals surface area contributed by atoms with E-state index < -0.39 is 0 Å². The molecular weight excluding hydrogens is 340 g/mol. The summed E-state index contributed by atoms with van der Waals surface area (Å²) < 4.78 is 1.51. The number of tetrazole rings is 1. The Morgan fingerprint density at radius 3 is 2.92 bits per heavy atom. The van der Waals surface area contributed by atoms with Gasteiger partial charge in [0, 0.05) is 24.2 Å². The summed E-state index contributed by atoms with van der Waals surface area (Å²) in [5, 5.41) is 15.5. The van der Waals surface area contributed by atoms with Crippen molar-refractivity contribution in [1.29, 1.82) is 0 Å². The smallest absolute Gasteiger partial charge is 0.248 e. The van der Waals surface area contributed by atoms with Crippen LogP contribution in [0.1, 0.15) is 18.9 Å². The lowest BCUT2D eigenvalue weighted by Gasteiger charge is -2.09. The highest BCUT2D eigenvalue weighted by Gasteiger charge is 2.09. The zero-order valence-corrected chi connectivity index (χ0v) is 14.8. The summed E-state index contributed by atoms with van der Waals surface area (Å²) in [6, 6.07) is 7.18. The lowest BCUT2D eigenvalue weighted by molar-refractivity contribution is -0.113. The molecule has 25 heavy (non-hydrogen) atoms. The van der Waals surface area contributed by atoms with Crippen molar-refractivity contribution in [3.05, 3.63) is 40.2 Å². The third-order valence-corrected chi connectivity index (χ3v) is 4.66. The van der Waals surface area contributed by atoms with E-state index in [1.807, 2.05) is 12.1 Å². The Labute approximate surface area is 148 Å². The molecule has 0 saturated carbocycles. The number of aromatic amines is 1. The van der Waals surface area contributed by atoms with Gasteiger partial charge in [-0.25, -0.2) is 4.68 Å². The normalized spacial score (nSPS) is 11.0. The van der Waals surface area contributed by atoms with Crippen LogP contribution in [0.25, 0.3) is 10.9 Å². The second kappa shape index (κ2) is 7.47. The van der Waals surface area contributed by atoms with Crippen LogP contribution in [-0.4, -0.2) is 36.9 Å².